The van der Waals surface area contributed by atoms with Crippen molar-refractivity contribution in [3.63, 3.8) is 0 Å². The van der Waals surface area contributed by atoms with Gasteiger partial charge in [0, 0.05) is 23.9 Å². The first-order chi connectivity index (χ1) is 7.11. The maximum atomic E-state index is 13.3. The molecule has 0 radical (unpaired) electrons. The second kappa shape index (κ2) is 3.58. The summed E-state index contributed by atoms with van der Waals surface area (Å²) in [5.74, 6) is -2.05. The lowest BCUT2D eigenvalue weighted by Crippen LogP contribution is -2.35. The number of halogens is 2. The number of anilines is 1. The molecule has 1 aromatic rings. The molecule has 1 unspecified atom stereocenters. The van der Waals surface area contributed by atoms with Gasteiger partial charge in [-0.2, -0.15) is 0 Å². The molecule has 0 aromatic heterocycles. The minimum Gasteiger partial charge on any atom is -0.330 e. The number of nitrogens with one attached hydrogen (secondary N) is 1. The normalized spacial score (nSPS) is 19.7. The molecule has 1 aromatic carbocycles. The maximum Gasteiger partial charge on any atom is 0.229 e. The molecule has 1 aliphatic heterocycles. The van der Waals surface area contributed by atoms with Gasteiger partial charge in [0.15, 0.2) is 0 Å². The number of nitrogens with two attached hydrogens (primary N) is 1. The molecule has 5 heteroatoms. The maximum absolute atomic E-state index is 13.3. The number of carbonyl (C=O) groups excluding carboxylic acids is 1. The Morgan fingerprint density at radius 3 is 2.87 bits per heavy atom. The minimum absolute atomic E-state index is 0.155. The number of fused-ring (bicyclic) bond motifs is 1. The minimum atomic E-state index is -0.697. The van der Waals surface area contributed by atoms with Gasteiger partial charge in [0.05, 0.1) is 5.92 Å². The first kappa shape index (κ1) is 10.0. The fourth-order valence-electron chi connectivity index (χ4n) is 1.69. The summed E-state index contributed by atoms with van der Waals surface area (Å²) in [5.41, 5.74) is 5.91. The third kappa shape index (κ3) is 1.70. The van der Waals surface area contributed by atoms with Crippen molar-refractivity contribution >= 4 is 11.6 Å². The van der Waals surface area contributed by atoms with E-state index in [4.69, 9.17) is 5.73 Å². The highest BCUT2D eigenvalue weighted by molar-refractivity contribution is 5.95. The predicted octanol–water partition coefficient (Wildman–Crippen LogP) is 1.03. The molecule has 0 spiro atoms. The van der Waals surface area contributed by atoms with Gasteiger partial charge in [-0.25, -0.2) is 8.78 Å². The zero-order chi connectivity index (χ0) is 11.0. The standard InChI is InChI=1S/C10H10F2N2O/c11-6-2-8(12)7-1-5(4-13)10(15)14-9(7)3-6/h2-3,5H,1,4,13H2,(H,14,15). The highest BCUT2D eigenvalue weighted by Gasteiger charge is 2.27. The monoisotopic (exact) mass is 212 g/mol. The summed E-state index contributed by atoms with van der Waals surface area (Å²) in [6.07, 6.45) is 0.226. The Morgan fingerprint density at radius 2 is 2.20 bits per heavy atom. The van der Waals surface area contributed by atoms with Crippen molar-refractivity contribution in [2.24, 2.45) is 11.7 Å². The molecule has 0 fully saturated rings. The largest absolute Gasteiger partial charge is 0.330 e. The third-order valence-electron chi connectivity index (χ3n) is 2.52. The van der Waals surface area contributed by atoms with Crippen LogP contribution in [0, 0.1) is 17.6 Å². The molecule has 3 nitrogen and oxygen atoms in total. The summed E-state index contributed by atoms with van der Waals surface area (Å²) in [5, 5.41) is 2.44. The van der Waals surface area contributed by atoms with Crippen LogP contribution < -0.4 is 11.1 Å². The number of benzene rings is 1. The Balaban J connectivity index is 2.45. The zero-order valence-electron chi connectivity index (χ0n) is 7.89. The van der Waals surface area contributed by atoms with Crippen LogP contribution in [0.5, 0.6) is 0 Å². The van der Waals surface area contributed by atoms with Crippen LogP contribution in [0.15, 0.2) is 12.1 Å². The summed E-state index contributed by atoms with van der Waals surface area (Å²) in [6, 6.07) is 1.92. The summed E-state index contributed by atoms with van der Waals surface area (Å²) in [4.78, 5) is 11.4. The predicted molar refractivity (Wildman–Crippen MR) is 51.2 cm³/mol. The number of hydrogen-bond acceptors (Lipinski definition) is 2. The molecule has 80 valence electrons. The first-order valence-electron chi connectivity index (χ1n) is 4.60. The molecule has 0 saturated heterocycles. The SMILES string of the molecule is NCC1Cc2c(F)cc(F)cc2NC1=O. The van der Waals surface area contributed by atoms with Gasteiger partial charge in [-0.3, -0.25) is 4.79 Å². The van der Waals surface area contributed by atoms with Gasteiger partial charge in [0.2, 0.25) is 5.91 Å². The van der Waals surface area contributed by atoms with Crippen molar-refractivity contribution in [3.05, 3.63) is 29.3 Å². The summed E-state index contributed by atoms with van der Waals surface area (Å²) < 4.78 is 26.2. The second-order valence-corrected chi connectivity index (χ2v) is 3.54. The van der Waals surface area contributed by atoms with Gasteiger partial charge in [-0.1, -0.05) is 0 Å². The van der Waals surface area contributed by atoms with Crippen molar-refractivity contribution in [2.45, 2.75) is 6.42 Å². The van der Waals surface area contributed by atoms with E-state index in [0.717, 1.165) is 12.1 Å². The Morgan fingerprint density at radius 1 is 1.47 bits per heavy atom. The Kier molecular flexibility index (Phi) is 2.40. The molecule has 2 rings (SSSR count). The quantitative estimate of drug-likeness (QED) is 0.730. The highest BCUT2D eigenvalue weighted by Crippen LogP contribution is 2.28. The molecule has 15 heavy (non-hydrogen) atoms. The van der Waals surface area contributed by atoms with Crippen LogP contribution in [0.1, 0.15) is 5.56 Å². The lowest BCUT2D eigenvalue weighted by molar-refractivity contribution is -0.119. The smallest absolute Gasteiger partial charge is 0.229 e. The van der Waals surface area contributed by atoms with E-state index in [2.05, 4.69) is 5.32 Å². The number of carbonyl (C=O) groups is 1. The van der Waals surface area contributed by atoms with Gasteiger partial charge in [-0.15, -0.1) is 0 Å². The van der Waals surface area contributed by atoms with Crippen molar-refractivity contribution in [3.8, 4) is 0 Å². The number of hydrogen-bond donors (Lipinski definition) is 2. The highest BCUT2D eigenvalue weighted by atomic mass is 19.1. The molecule has 0 aliphatic carbocycles. The Labute approximate surface area is 85.3 Å². The van der Waals surface area contributed by atoms with Crippen LogP contribution in [-0.4, -0.2) is 12.5 Å². The van der Waals surface area contributed by atoms with Gasteiger partial charge < -0.3 is 11.1 Å². The van der Waals surface area contributed by atoms with Crippen LogP contribution >= 0.6 is 0 Å². The molecule has 0 bridgehead atoms. The van der Waals surface area contributed by atoms with Crippen LogP contribution in [0.25, 0.3) is 0 Å². The van der Waals surface area contributed by atoms with Gasteiger partial charge >= 0.3 is 0 Å². The van der Waals surface area contributed by atoms with Crippen molar-refractivity contribution in [2.75, 3.05) is 11.9 Å². The van der Waals surface area contributed by atoms with E-state index in [1.807, 2.05) is 0 Å². The topological polar surface area (TPSA) is 55.1 Å². The average Bonchev–Trinajstić information content (AvgIpc) is 2.16. The molecular formula is C10H10F2N2O. The van der Waals surface area contributed by atoms with Crippen LogP contribution in [-0.2, 0) is 11.2 Å². The molecular weight excluding hydrogens is 202 g/mol. The summed E-state index contributed by atoms with van der Waals surface area (Å²) >= 11 is 0. The molecule has 1 aliphatic rings. The Hall–Kier alpha value is -1.49. The van der Waals surface area contributed by atoms with E-state index < -0.39 is 17.6 Å². The number of amides is 1. The second-order valence-electron chi connectivity index (χ2n) is 3.54. The van der Waals surface area contributed by atoms with E-state index in [9.17, 15) is 13.6 Å². The Bertz CT molecular complexity index is 420. The molecule has 1 amide bonds. The first-order valence-corrected chi connectivity index (χ1v) is 4.60. The van der Waals surface area contributed by atoms with Crippen LogP contribution in [0.4, 0.5) is 14.5 Å². The lowest BCUT2D eigenvalue weighted by atomic mass is 9.93. The average molecular weight is 212 g/mol. The molecule has 1 atom stereocenters. The van der Waals surface area contributed by atoms with E-state index >= 15 is 0 Å². The van der Waals surface area contributed by atoms with Gasteiger partial charge in [-0.05, 0) is 12.5 Å². The summed E-state index contributed by atoms with van der Waals surface area (Å²) in [7, 11) is 0. The molecule has 0 saturated carbocycles. The van der Waals surface area contributed by atoms with Gasteiger partial charge in [0.1, 0.15) is 11.6 Å². The number of rotatable bonds is 1. The molecule has 3 N–H and O–H groups in total. The lowest BCUT2D eigenvalue weighted by Gasteiger charge is -2.23. The fourth-order valence-corrected chi connectivity index (χ4v) is 1.69. The van der Waals surface area contributed by atoms with Gasteiger partial charge in [0.25, 0.3) is 0 Å². The van der Waals surface area contributed by atoms with Crippen molar-refractivity contribution < 1.29 is 13.6 Å². The van der Waals surface area contributed by atoms with Crippen molar-refractivity contribution in [1.82, 2.24) is 0 Å². The molecule has 1 heterocycles. The van der Waals surface area contributed by atoms with E-state index in [1.165, 1.54) is 0 Å². The zero-order valence-corrected chi connectivity index (χ0v) is 7.89. The fraction of sp³-hybridized carbons (Fsp3) is 0.300. The van der Waals surface area contributed by atoms with E-state index in [0.29, 0.717) is 5.56 Å². The van der Waals surface area contributed by atoms with E-state index in [-0.39, 0.29) is 24.6 Å². The summed E-state index contributed by atoms with van der Waals surface area (Å²) in [6.45, 7) is 0.155. The third-order valence-corrected chi connectivity index (χ3v) is 2.52. The van der Waals surface area contributed by atoms with E-state index in [1.54, 1.807) is 0 Å². The van der Waals surface area contributed by atoms with Crippen LogP contribution in [0.3, 0.4) is 0 Å². The van der Waals surface area contributed by atoms with Crippen molar-refractivity contribution in [1.29, 1.82) is 0 Å². The van der Waals surface area contributed by atoms with Crippen LogP contribution in [0.2, 0.25) is 0 Å².